The summed E-state index contributed by atoms with van der Waals surface area (Å²) < 4.78 is 13.6. The summed E-state index contributed by atoms with van der Waals surface area (Å²) in [6.45, 7) is 1.08. The maximum atomic E-state index is 13.6. The molecule has 0 aromatic heterocycles. The van der Waals surface area contributed by atoms with Crippen molar-refractivity contribution in [3.8, 4) is 0 Å². The Hall–Kier alpha value is -2.89. The second-order valence-electron chi connectivity index (χ2n) is 6.19. The third-order valence-corrected chi connectivity index (χ3v) is 4.40. The average molecular weight is 342 g/mol. The van der Waals surface area contributed by atoms with Gasteiger partial charge < -0.3 is 14.9 Å². The highest BCUT2D eigenvalue weighted by molar-refractivity contribution is 5.90. The van der Waals surface area contributed by atoms with Crippen LogP contribution in [0.2, 0.25) is 0 Å². The first-order valence-corrected chi connectivity index (χ1v) is 8.04. The maximum absolute atomic E-state index is 13.6. The van der Waals surface area contributed by atoms with Crippen LogP contribution in [0.15, 0.2) is 42.5 Å². The Morgan fingerprint density at radius 1 is 1.24 bits per heavy atom. The van der Waals surface area contributed by atoms with Gasteiger partial charge in [-0.3, -0.25) is 0 Å². The second kappa shape index (κ2) is 6.93. The highest BCUT2D eigenvalue weighted by atomic mass is 19.1. The first kappa shape index (κ1) is 17.0. The van der Waals surface area contributed by atoms with Gasteiger partial charge in [0.25, 0.3) is 0 Å². The molecule has 0 fully saturated rings. The van der Waals surface area contributed by atoms with Gasteiger partial charge in [0.2, 0.25) is 0 Å². The third kappa shape index (κ3) is 3.63. The monoisotopic (exact) mass is 342 g/mol. The van der Waals surface area contributed by atoms with E-state index in [-0.39, 0.29) is 18.1 Å². The fourth-order valence-electron chi connectivity index (χ4n) is 3.15. The Morgan fingerprint density at radius 2 is 1.96 bits per heavy atom. The van der Waals surface area contributed by atoms with Crippen molar-refractivity contribution in [1.29, 1.82) is 0 Å². The number of halogens is 1. The van der Waals surface area contributed by atoms with Crippen molar-refractivity contribution in [2.45, 2.75) is 19.5 Å². The van der Waals surface area contributed by atoms with Crippen LogP contribution in [0.25, 0.3) is 0 Å². The van der Waals surface area contributed by atoms with Crippen LogP contribution in [-0.4, -0.2) is 40.5 Å². The second-order valence-corrected chi connectivity index (χ2v) is 6.19. The minimum Gasteiger partial charge on any atom is -0.478 e. The van der Waals surface area contributed by atoms with Crippen molar-refractivity contribution in [1.82, 2.24) is 9.80 Å². The smallest absolute Gasteiger partial charge is 0.336 e. The molecule has 3 rings (SSSR count). The highest BCUT2D eigenvalue weighted by Gasteiger charge is 2.27. The summed E-state index contributed by atoms with van der Waals surface area (Å²) in [6.07, 6.45) is 0.443. The van der Waals surface area contributed by atoms with Crippen molar-refractivity contribution in [2.75, 3.05) is 13.6 Å². The van der Waals surface area contributed by atoms with Gasteiger partial charge in [0.1, 0.15) is 5.82 Å². The maximum Gasteiger partial charge on any atom is 0.336 e. The highest BCUT2D eigenvalue weighted by Crippen LogP contribution is 2.25. The molecule has 25 heavy (non-hydrogen) atoms. The number of carboxylic acid groups (broad SMARTS) is 1. The molecule has 0 saturated heterocycles. The van der Waals surface area contributed by atoms with Gasteiger partial charge in [0.15, 0.2) is 0 Å². The number of hydrogen-bond acceptors (Lipinski definition) is 2. The van der Waals surface area contributed by atoms with Crippen LogP contribution in [-0.2, 0) is 19.5 Å². The number of hydrogen-bond donors (Lipinski definition) is 1. The molecule has 1 heterocycles. The lowest BCUT2D eigenvalue weighted by molar-refractivity contribution is 0.0692. The molecule has 0 radical (unpaired) electrons. The van der Waals surface area contributed by atoms with E-state index in [1.54, 1.807) is 16.8 Å². The number of nitrogens with zero attached hydrogens (tertiary/aromatic N) is 2. The SMILES string of the molecule is CN(Cc1ccccc1)C(=O)N1CCc2cc(F)cc(C(=O)O)c2C1. The average Bonchev–Trinajstić information content (AvgIpc) is 2.60. The van der Waals surface area contributed by atoms with E-state index in [1.165, 1.54) is 6.07 Å². The Bertz CT molecular complexity index is 808. The molecule has 2 aromatic rings. The van der Waals surface area contributed by atoms with E-state index in [0.717, 1.165) is 11.6 Å². The number of carbonyl (C=O) groups excluding carboxylic acids is 1. The molecule has 1 aliphatic rings. The first-order valence-electron chi connectivity index (χ1n) is 8.04. The molecule has 5 nitrogen and oxygen atoms in total. The number of rotatable bonds is 3. The standard InChI is InChI=1S/C19H19FN2O3/c1-21(11-13-5-3-2-4-6-13)19(25)22-8-7-14-9-15(20)10-16(18(23)24)17(14)12-22/h2-6,9-10H,7-8,11-12H2,1H3,(H,23,24). The molecule has 1 aliphatic heterocycles. The first-order chi connectivity index (χ1) is 12.0. The lowest BCUT2D eigenvalue weighted by Gasteiger charge is -2.33. The van der Waals surface area contributed by atoms with Gasteiger partial charge in [-0.05, 0) is 35.2 Å². The van der Waals surface area contributed by atoms with Gasteiger partial charge in [-0.25, -0.2) is 14.0 Å². The van der Waals surface area contributed by atoms with Crippen LogP contribution >= 0.6 is 0 Å². The van der Waals surface area contributed by atoms with E-state index in [4.69, 9.17) is 0 Å². The topological polar surface area (TPSA) is 60.9 Å². The number of carbonyl (C=O) groups is 2. The van der Waals surface area contributed by atoms with E-state index in [1.807, 2.05) is 30.3 Å². The lowest BCUT2D eigenvalue weighted by Crippen LogP contribution is -2.43. The molecule has 2 aromatic carbocycles. The molecule has 1 N–H and O–H groups in total. The number of carboxylic acids is 1. The fourth-order valence-corrected chi connectivity index (χ4v) is 3.15. The summed E-state index contributed by atoms with van der Waals surface area (Å²) in [4.78, 5) is 27.3. The zero-order valence-corrected chi connectivity index (χ0v) is 13.9. The van der Waals surface area contributed by atoms with Crippen LogP contribution in [0.4, 0.5) is 9.18 Å². The van der Waals surface area contributed by atoms with Crippen LogP contribution in [0, 0.1) is 5.82 Å². The zero-order valence-electron chi connectivity index (χ0n) is 13.9. The van der Waals surface area contributed by atoms with Crippen molar-refractivity contribution in [3.05, 3.63) is 70.5 Å². The molecular weight excluding hydrogens is 323 g/mol. The predicted molar refractivity (Wildman–Crippen MR) is 90.8 cm³/mol. The van der Waals surface area contributed by atoms with E-state index in [9.17, 15) is 19.1 Å². The van der Waals surface area contributed by atoms with Gasteiger partial charge in [-0.1, -0.05) is 30.3 Å². The van der Waals surface area contributed by atoms with Crippen LogP contribution in [0.1, 0.15) is 27.0 Å². The van der Waals surface area contributed by atoms with Gasteiger partial charge in [-0.15, -0.1) is 0 Å². The summed E-state index contributed by atoms with van der Waals surface area (Å²) >= 11 is 0. The van der Waals surface area contributed by atoms with Crippen molar-refractivity contribution in [3.63, 3.8) is 0 Å². The van der Waals surface area contributed by atoms with Crippen LogP contribution in [0.5, 0.6) is 0 Å². The largest absolute Gasteiger partial charge is 0.478 e. The third-order valence-electron chi connectivity index (χ3n) is 4.40. The lowest BCUT2D eigenvalue weighted by atomic mass is 9.94. The zero-order chi connectivity index (χ0) is 18.0. The van der Waals surface area contributed by atoms with Gasteiger partial charge in [0.05, 0.1) is 5.56 Å². The molecule has 130 valence electrons. The number of fused-ring (bicyclic) bond motifs is 1. The molecule has 6 heteroatoms. The van der Waals surface area contributed by atoms with E-state index in [0.29, 0.717) is 30.6 Å². The summed E-state index contributed by atoms with van der Waals surface area (Å²) in [6, 6.07) is 11.8. The number of benzene rings is 2. The minimum atomic E-state index is -1.18. The van der Waals surface area contributed by atoms with Crippen molar-refractivity contribution in [2.24, 2.45) is 0 Å². The summed E-state index contributed by atoms with van der Waals surface area (Å²) in [5.74, 6) is -1.74. The van der Waals surface area contributed by atoms with Gasteiger partial charge in [-0.2, -0.15) is 0 Å². The van der Waals surface area contributed by atoms with Crippen LogP contribution < -0.4 is 0 Å². The van der Waals surface area contributed by atoms with E-state index in [2.05, 4.69) is 0 Å². The molecule has 0 bridgehead atoms. The molecule has 0 aliphatic carbocycles. The fraction of sp³-hybridized carbons (Fsp3) is 0.263. The molecule has 0 saturated carbocycles. The van der Waals surface area contributed by atoms with Gasteiger partial charge in [0, 0.05) is 26.7 Å². The Labute approximate surface area is 145 Å². The minimum absolute atomic E-state index is 0.0711. The van der Waals surface area contributed by atoms with Gasteiger partial charge >= 0.3 is 12.0 Å². The number of amides is 2. The van der Waals surface area contributed by atoms with E-state index >= 15 is 0 Å². The summed E-state index contributed by atoms with van der Waals surface area (Å²) in [7, 11) is 1.72. The quantitative estimate of drug-likeness (QED) is 0.932. The Kier molecular flexibility index (Phi) is 4.70. The van der Waals surface area contributed by atoms with Crippen LogP contribution in [0.3, 0.4) is 0 Å². The number of urea groups is 1. The molecule has 0 unspecified atom stereocenters. The Morgan fingerprint density at radius 3 is 2.64 bits per heavy atom. The van der Waals surface area contributed by atoms with Crippen molar-refractivity contribution >= 4 is 12.0 Å². The Balaban J connectivity index is 1.78. The molecular formula is C19H19FN2O3. The predicted octanol–water partition coefficient (Wildman–Crippen LogP) is 3.13. The molecule has 0 atom stereocenters. The van der Waals surface area contributed by atoms with E-state index < -0.39 is 11.8 Å². The normalized spacial score (nSPS) is 13.3. The van der Waals surface area contributed by atoms with Crippen molar-refractivity contribution < 1.29 is 19.1 Å². The molecule has 2 amide bonds. The molecule has 0 spiro atoms. The number of aromatic carboxylic acids is 1. The summed E-state index contributed by atoms with van der Waals surface area (Å²) in [5.41, 5.74) is 2.12. The summed E-state index contributed by atoms with van der Waals surface area (Å²) in [5, 5.41) is 9.31.